The Kier molecular flexibility index (Phi) is 5.03. The predicted molar refractivity (Wildman–Crippen MR) is 90.9 cm³/mol. The van der Waals surface area contributed by atoms with Crippen LogP contribution in [-0.4, -0.2) is 61.4 Å². The highest BCUT2D eigenvalue weighted by molar-refractivity contribution is 6.05. The number of ketones is 1. The molecule has 2 aliphatic rings. The van der Waals surface area contributed by atoms with Gasteiger partial charge in [-0.3, -0.25) is 19.3 Å². The average Bonchev–Trinajstić information content (AvgIpc) is 2.65. The summed E-state index contributed by atoms with van der Waals surface area (Å²) in [5, 5.41) is 0. The lowest BCUT2D eigenvalue weighted by Crippen LogP contribution is -2.51. The van der Waals surface area contributed by atoms with Crippen LogP contribution in [0.15, 0.2) is 18.2 Å². The number of carbonyl (C=O) groups is 3. The highest BCUT2D eigenvalue weighted by Crippen LogP contribution is 2.35. The van der Waals surface area contributed by atoms with Crippen molar-refractivity contribution in [3.63, 3.8) is 0 Å². The first-order chi connectivity index (χ1) is 12.0. The SMILES string of the molecule is CCC(=O)c1ccc2c(c1)N(CC(=O)N1CCOCC1)C(=O)C(C)O2. The van der Waals surface area contributed by atoms with Gasteiger partial charge in [0, 0.05) is 25.1 Å². The molecule has 1 fully saturated rings. The lowest BCUT2D eigenvalue weighted by molar-refractivity contribution is -0.136. The molecule has 2 amide bonds. The number of morpholine rings is 1. The number of fused-ring (bicyclic) bond motifs is 1. The van der Waals surface area contributed by atoms with Crippen molar-refractivity contribution in [3.05, 3.63) is 23.8 Å². The minimum atomic E-state index is -0.669. The molecule has 0 saturated carbocycles. The van der Waals surface area contributed by atoms with Crippen LogP contribution in [0.5, 0.6) is 5.75 Å². The summed E-state index contributed by atoms with van der Waals surface area (Å²) in [5.41, 5.74) is 0.986. The van der Waals surface area contributed by atoms with Crippen molar-refractivity contribution in [1.82, 2.24) is 4.90 Å². The van der Waals surface area contributed by atoms with Gasteiger partial charge in [-0.2, -0.15) is 0 Å². The molecule has 2 heterocycles. The number of benzene rings is 1. The topological polar surface area (TPSA) is 76.2 Å². The normalized spacial score (nSPS) is 20.1. The first kappa shape index (κ1) is 17.4. The monoisotopic (exact) mass is 346 g/mol. The van der Waals surface area contributed by atoms with Crippen molar-refractivity contribution in [3.8, 4) is 5.75 Å². The Bertz CT molecular complexity index is 697. The molecular formula is C18H22N2O5. The molecule has 3 rings (SSSR count). The van der Waals surface area contributed by atoms with Gasteiger partial charge in [0.15, 0.2) is 11.9 Å². The van der Waals surface area contributed by atoms with Gasteiger partial charge >= 0.3 is 0 Å². The summed E-state index contributed by atoms with van der Waals surface area (Å²) in [7, 11) is 0. The number of rotatable bonds is 4. The molecule has 0 aromatic heterocycles. The van der Waals surface area contributed by atoms with Crippen LogP contribution in [-0.2, 0) is 14.3 Å². The second-order valence-electron chi connectivity index (χ2n) is 6.14. The molecule has 0 N–H and O–H groups in total. The van der Waals surface area contributed by atoms with Crippen LogP contribution < -0.4 is 9.64 Å². The van der Waals surface area contributed by atoms with Crippen molar-refractivity contribution in [2.24, 2.45) is 0 Å². The molecular weight excluding hydrogens is 324 g/mol. The third kappa shape index (κ3) is 3.51. The Labute approximate surface area is 146 Å². The van der Waals surface area contributed by atoms with E-state index in [1.165, 1.54) is 4.90 Å². The van der Waals surface area contributed by atoms with Gasteiger partial charge < -0.3 is 14.4 Å². The maximum atomic E-state index is 12.6. The predicted octanol–water partition coefficient (Wildman–Crippen LogP) is 1.25. The Morgan fingerprint density at radius 2 is 1.96 bits per heavy atom. The quantitative estimate of drug-likeness (QED) is 0.767. The molecule has 0 radical (unpaired) electrons. The zero-order chi connectivity index (χ0) is 18.0. The van der Waals surface area contributed by atoms with E-state index in [2.05, 4.69) is 0 Å². The smallest absolute Gasteiger partial charge is 0.268 e. The van der Waals surface area contributed by atoms with Gasteiger partial charge in [0.25, 0.3) is 5.91 Å². The third-order valence-electron chi connectivity index (χ3n) is 4.47. The summed E-state index contributed by atoms with van der Waals surface area (Å²) < 4.78 is 10.9. The summed E-state index contributed by atoms with van der Waals surface area (Å²) in [5.74, 6) is 0.0713. The Hall–Kier alpha value is -2.41. The van der Waals surface area contributed by atoms with Crippen molar-refractivity contribution in [2.45, 2.75) is 26.4 Å². The first-order valence-corrected chi connectivity index (χ1v) is 8.52. The zero-order valence-corrected chi connectivity index (χ0v) is 14.5. The van der Waals surface area contributed by atoms with Crippen LogP contribution in [0, 0.1) is 0 Å². The van der Waals surface area contributed by atoms with Crippen LogP contribution in [0.25, 0.3) is 0 Å². The Balaban J connectivity index is 1.88. The number of anilines is 1. The van der Waals surface area contributed by atoms with E-state index in [1.807, 2.05) is 0 Å². The first-order valence-electron chi connectivity index (χ1n) is 8.52. The highest BCUT2D eigenvalue weighted by atomic mass is 16.5. The van der Waals surface area contributed by atoms with Gasteiger partial charge in [0.2, 0.25) is 5.91 Å². The van der Waals surface area contributed by atoms with E-state index in [1.54, 1.807) is 36.9 Å². The summed E-state index contributed by atoms with van der Waals surface area (Å²) in [6.07, 6.45) is -0.297. The van der Waals surface area contributed by atoms with Crippen LogP contribution in [0.2, 0.25) is 0 Å². The molecule has 7 nitrogen and oxygen atoms in total. The maximum Gasteiger partial charge on any atom is 0.268 e. The van der Waals surface area contributed by atoms with E-state index in [9.17, 15) is 14.4 Å². The van der Waals surface area contributed by atoms with Crippen molar-refractivity contribution in [2.75, 3.05) is 37.7 Å². The van der Waals surface area contributed by atoms with Gasteiger partial charge in [-0.15, -0.1) is 0 Å². The Morgan fingerprint density at radius 3 is 2.64 bits per heavy atom. The molecule has 134 valence electrons. The number of carbonyl (C=O) groups excluding carboxylic acids is 3. The highest BCUT2D eigenvalue weighted by Gasteiger charge is 2.34. The van der Waals surface area contributed by atoms with E-state index >= 15 is 0 Å². The number of amides is 2. The van der Waals surface area contributed by atoms with E-state index < -0.39 is 6.10 Å². The van der Waals surface area contributed by atoms with Crippen molar-refractivity contribution >= 4 is 23.3 Å². The van der Waals surface area contributed by atoms with Crippen LogP contribution in [0.4, 0.5) is 5.69 Å². The summed E-state index contributed by atoms with van der Waals surface area (Å²) in [6, 6.07) is 5.01. The van der Waals surface area contributed by atoms with Crippen LogP contribution >= 0.6 is 0 Å². The van der Waals surface area contributed by atoms with Gasteiger partial charge in [-0.25, -0.2) is 0 Å². The second-order valence-corrected chi connectivity index (χ2v) is 6.14. The van der Waals surface area contributed by atoms with Crippen LogP contribution in [0.3, 0.4) is 0 Å². The zero-order valence-electron chi connectivity index (χ0n) is 14.5. The lowest BCUT2D eigenvalue weighted by atomic mass is 10.1. The average molecular weight is 346 g/mol. The molecule has 7 heteroatoms. The van der Waals surface area contributed by atoms with Crippen molar-refractivity contribution < 1.29 is 23.9 Å². The summed E-state index contributed by atoms with van der Waals surface area (Å²) >= 11 is 0. The lowest BCUT2D eigenvalue weighted by Gasteiger charge is -2.35. The van der Waals surface area contributed by atoms with Crippen LogP contribution in [0.1, 0.15) is 30.6 Å². The molecule has 25 heavy (non-hydrogen) atoms. The van der Waals surface area contributed by atoms with Gasteiger partial charge in [0.05, 0.1) is 18.9 Å². The minimum Gasteiger partial charge on any atom is -0.479 e. The van der Waals surface area contributed by atoms with Gasteiger partial charge in [-0.1, -0.05) is 6.92 Å². The van der Waals surface area contributed by atoms with E-state index in [0.29, 0.717) is 49.7 Å². The van der Waals surface area contributed by atoms with E-state index in [-0.39, 0.29) is 24.1 Å². The van der Waals surface area contributed by atoms with Gasteiger partial charge in [0.1, 0.15) is 12.3 Å². The number of Topliss-reactive ketones (excluding diaryl/α,β-unsaturated/α-hetero) is 1. The third-order valence-corrected chi connectivity index (χ3v) is 4.47. The molecule has 1 aromatic carbocycles. The molecule has 1 unspecified atom stereocenters. The van der Waals surface area contributed by atoms with Crippen molar-refractivity contribution in [1.29, 1.82) is 0 Å². The fourth-order valence-corrected chi connectivity index (χ4v) is 3.00. The molecule has 1 aromatic rings. The van der Waals surface area contributed by atoms with Gasteiger partial charge in [-0.05, 0) is 25.1 Å². The van der Waals surface area contributed by atoms with E-state index in [0.717, 1.165) is 0 Å². The fraction of sp³-hybridized carbons (Fsp3) is 0.500. The summed E-state index contributed by atoms with van der Waals surface area (Å²) in [4.78, 5) is 40.3. The standard InChI is InChI=1S/C18H22N2O5/c1-3-15(21)13-4-5-16-14(10-13)20(18(23)12(2)25-16)11-17(22)19-6-8-24-9-7-19/h4-5,10,12H,3,6-9,11H2,1-2H3. The number of hydrogen-bond donors (Lipinski definition) is 0. The largest absolute Gasteiger partial charge is 0.479 e. The molecule has 0 spiro atoms. The number of hydrogen-bond acceptors (Lipinski definition) is 5. The second kappa shape index (κ2) is 7.23. The molecule has 0 bridgehead atoms. The minimum absolute atomic E-state index is 0.0201. The Morgan fingerprint density at radius 1 is 1.24 bits per heavy atom. The number of ether oxygens (including phenoxy) is 2. The number of nitrogens with zero attached hydrogens (tertiary/aromatic N) is 2. The fourth-order valence-electron chi connectivity index (χ4n) is 3.00. The summed E-state index contributed by atoms with van der Waals surface area (Å²) in [6.45, 7) is 5.43. The van der Waals surface area contributed by atoms with E-state index in [4.69, 9.17) is 9.47 Å². The maximum absolute atomic E-state index is 12.6. The molecule has 2 aliphatic heterocycles. The molecule has 0 aliphatic carbocycles. The molecule has 1 atom stereocenters. The molecule has 1 saturated heterocycles.